The third-order valence-corrected chi connectivity index (χ3v) is 3.59. The van der Waals surface area contributed by atoms with Crippen molar-refractivity contribution in [3.63, 3.8) is 0 Å². The molecule has 5 heteroatoms. The molecule has 0 atom stereocenters. The van der Waals surface area contributed by atoms with Gasteiger partial charge in [0.1, 0.15) is 0 Å². The molecule has 1 saturated heterocycles. The lowest BCUT2D eigenvalue weighted by Gasteiger charge is -2.16. The molecule has 1 aromatic carbocycles. The van der Waals surface area contributed by atoms with E-state index in [1.54, 1.807) is 11.0 Å². The first-order chi connectivity index (χ1) is 8.09. The Labute approximate surface area is 107 Å². The topological polar surface area (TPSA) is 20.3 Å². The lowest BCUT2D eigenvalue weighted by atomic mass is 10.1. The van der Waals surface area contributed by atoms with Gasteiger partial charge in [-0.1, -0.05) is 15.9 Å². The van der Waals surface area contributed by atoms with Crippen LogP contribution in [0.2, 0.25) is 0 Å². The average Bonchev–Trinajstić information content (AvgIpc) is 2.81. The number of halogens is 3. The van der Waals surface area contributed by atoms with Crippen molar-refractivity contribution < 1.29 is 13.6 Å². The van der Waals surface area contributed by atoms with Gasteiger partial charge >= 0.3 is 0 Å². The van der Waals surface area contributed by atoms with Gasteiger partial charge in [-0.3, -0.25) is 4.79 Å². The summed E-state index contributed by atoms with van der Waals surface area (Å²) in [4.78, 5) is 13.7. The van der Waals surface area contributed by atoms with E-state index in [4.69, 9.17) is 0 Å². The maximum Gasteiger partial charge on any atom is 0.264 e. The summed E-state index contributed by atoms with van der Waals surface area (Å²) in [6.45, 7) is 1.44. The third kappa shape index (κ3) is 2.65. The highest BCUT2D eigenvalue weighted by Gasteiger charge is 2.21. The quantitative estimate of drug-likeness (QED) is 0.817. The van der Waals surface area contributed by atoms with Crippen molar-refractivity contribution in [1.29, 1.82) is 0 Å². The van der Waals surface area contributed by atoms with E-state index in [1.165, 1.54) is 12.1 Å². The van der Waals surface area contributed by atoms with E-state index in [9.17, 15) is 13.6 Å². The Bertz CT molecular complexity index is 431. The van der Waals surface area contributed by atoms with Crippen LogP contribution in [0.15, 0.2) is 22.7 Å². The fourth-order valence-corrected chi connectivity index (χ4v) is 2.37. The molecule has 2 nitrogen and oxygen atoms in total. The summed E-state index contributed by atoms with van der Waals surface area (Å²) in [7, 11) is 0. The molecule has 0 aliphatic carbocycles. The molecule has 1 heterocycles. The van der Waals surface area contributed by atoms with Gasteiger partial charge in [0.2, 0.25) is 0 Å². The maximum absolute atomic E-state index is 12.7. The van der Waals surface area contributed by atoms with E-state index in [0.29, 0.717) is 10.0 Å². The first-order valence-electron chi connectivity index (χ1n) is 5.46. The third-order valence-electron chi connectivity index (χ3n) is 2.87. The average molecular weight is 304 g/mol. The molecular formula is C12H12BrF2NO. The standard InChI is InChI=1S/C12H12BrF2NO/c13-10-4-3-8(7-9(10)11(14)15)12(17)16-5-1-2-6-16/h3-4,7,11H,1-2,5-6H2. The largest absolute Gasteiger partial charge is 0.339 e. The monoisotopic (exact) mass is 303 g/mol. The molecule has 0 radical (unpaired) electrons. The molecule has 1 aliphatic heterocycles. The minimum atomic E-state index is -2.57. The van der Waals surface area contributed by atoms with Crippen molar-refractivity contribution in [2.24, 2.45) is 0 Å². The number of hydrogen-bond acceptors (Lipinski definition) is 1. The number of carbonyl (C=O) groups excluding carboxylic acids is 1. The smallest absolute Gasteiger partial charge is 0.264 e. The van der Waals surface area contributed by atoms with E-state index in [2.05, 4.69) is 15.9 Å². The van der Waals surface area contributed by atoms with Crippen LogP contribution >= 0.6 is 15.9 Å². The lowest BCUT2D eigenvalue weighted by Crippen LogP contribution is -2.27. The summed E-state index contributed by atoms with van der Waals surface area (Å²) in [5.74, 6) is -0.156. The van der Waals surface area contributed by atoms with Crippen molar-refractivity contribution >= 4 is 21.8 Å². The lowest BCUT2D eigenvalue weighted by molar-refractivity contribution is 0.0792. The Morgan fingerprint density at radius 3 is 2.53 bits per heavy atom. The highest BCUT2D eigenvalue weighted by molar-refractivity contribution is 9.10. The summed E-state index contributed by atoms with van der Waals surface area (Å²) in [5.41, 5.74) is 0.209. The van der Waals surface area contributed by atoms with E-state index >= 15 is 0 Å². The Kier molecular flexibility index (Phi) is 3.76. The minimum Gasteiger partial charge on any atom is -0.339 e. The first kappa shape index (κ1) is 12.5. The normalized spacial score (nSPS) is 15.6. The van der Waals surface area contributed by atoms with Gasteiger partial charge in [0.25, 0.3) is 12.3 Å². The van der Waals surface area contributed by atoms with Crippen molar-refractivity contribution in [3.8, 4) is 0 Å². The molecule has 92 valence electrons. The Balaban J connectivity index is 2.26. The second-order valence-corrected chi connectivity index (χ2v) is 4.89. The van der Waals surface area contributed by atoms with Crippen molar-refractivity contribution in [3.05, 3.63) is 33.8 Å². The SMILES string of the molecule is O=C(c1ccc(Br)c(C(F)F)c1)N1CCCC1. The van der Waals surface area contributed by atoms with Crippen molar-refractivity contribution in [2.45, 2.75) is 19.3 Å². The van der Waals surface area contributed by atoms with Crippen LogP contribution in [0.25, 0.3) is 0 Å². The van der Waals surface area contributed by atoms with Crippen molar-refractivity contribution in [1.82, 2.24) is 4.90 Å². The van der Waals surface area contributed by atoms with Crippen LogP contribution in [0, 0.1) is 0 Å². The fourth-order valence-electron chi connectivity index (χ4n) is 1.95. The van der Waals surface area contributed by atoms with Crippen LogP contribution in [0.5, 0.6) is 0 Å². The first-order valence-corrected chi connectivity index (χ1v) is 6.26. The van der Waals surface area contributed by atoms with Gasteiger partial charge in [-0.15, -0.1) is 0 Å². The van der Waals surface area contributed by atoms with Gasteiger partial charge in [-0.2, -0.15) is 0 Å². The predicted molar refractivity (Wildman–Crippen MR) is 64.2 cm³/mol. The van der Waals surface area contributed by atoms with Crippen LogP contribution < -0.4 is 0 Å². The van der Waals surface area contributed by atoms with Gasteiger partial charge in [-0.05, 0) is 31.0 Å². The number of nitrogens with zero attached hydrogens (tertiary/aromatic N) is 1. The van der Waals surface area contributed by atoms with Gasteiger partial charge in [-0.25, -0.2) is 8.78 Å². The molecule has 17 heavy (non-hydrogen) atoms. The highest BCUT2D eigenvalue weighted by atomic mass is 79.9. The minimum absolute atomic E-state index is 0.130. The molecule has 0 spiro atoms. The van der Waals surface area contributed by atoms with Gasteiger partial charge in [0.15, 0.2) is 0 Å². The molecule has 1 aromatic rings. The number of alkyl halides is 2. The molecular weight excluding hydrogens is 292 g/mol. The van der Waals surface area contributed by atoms with Crippen LogP contribution in [0.1, 0.15) is 35.2 Å². The molecule has 0 bridgehead atoms. The summed E-state index contributed by atoms with van der Waals surface area (Å²) in [6, 6.07) is 4.36. The fraction of sp³-hybridized carbons (Fsp3) is 0.417. The van der Waals surface area contributed by atoms with E-state index < -0.39 is 6.43 Å². The number of rotatable bonds is 2. The number of hydrogen-bond donors (Lipinski definition) is 0. The Hall–Kier alpha value is -0.970. The highest BCUT2D eigenvalue weighted by Crippen LogP contribution is 2.28. The van der Waals surface area contributed by atoms with Crippen LogP contribution in [-0.4, -0.2) is 23.9 Å². The van der Waals surface area contributed by atoms with Gasteiger partial charge in [0.05, 0.1) is 0 Å². The molecule has 0 unspecified atom stereocenters. The zero-order chi connectivity index (χ0) is 12.4. The van der Waals surface area contributed by atoms with Gasteiger partial charge in [0, 0.05) is 28.7 Å². The van der Waals surface area contributed by atoms with Gasteiger partial charge < -0.3 is 4.90 Å². The van der Waals surface area contributed by atoms with E-state index in [1.807, 2.05) is 0 Å². The zero-order valence-electron chi connectivity index (χ0n) is 9.13. The summed E-state index contributed by atoms with van der Waals surface area (Å²) in [6.07, 6.45) is -0.593. The van der Waals surface area contributed by atoms with E-state index in [0.717, 1.165) is 25.9 Å². The molecule has 1 aliphatic rings. The molecule has 1 amide bonds. The number of likely N-dealkylation sites (tertiary alicyclic amines) is 1. The van der Waals surface area contributed by atoms with Crippen LogP contribution in [0.4, 0.5) is 8.78 Å². The molecule has 2 rings (SSSR count). The summed E-state index contributed by atoms with van der Waals surface area (Å²) < 4.78 is 25.7. The second-order valence-electron chi connectivity index (χ2n) is 4.04. The van der Waals surface area contributed by atoms with Crippen LogP contribution in [-0.2, 0) is 0 Å². The Morgan fingerprint density at radius 2 is 1.94 bits per heavy atom. The molecule has 0 saturated carbocycles. The second kappa shape index (κ2) is 5.12. The number of benzene rings is 1. The molecule has 0 aromatic heterocycles. The van der Waals surface area contributed by atoms with Crippen molar-refractivity contribution in [2.75, 3.05) is 13.1 Å². The predicted octanol–water partition coefficient (Wildman–Crippen LogP) is 3.62. The number of amides is 1. The number of carbonyl (C=O) groups is 1. The maximum atomic E-state index is 12.7. The van der Waals surface area contributed by atoms with Crippen LogP contribution in [0.3, 0.4) is 0 Å². The molecule has 1 fully saturated rings. The zero-order valence-corrected chi connectivity index (χ0v) is 10.7. The summed E-state index contributed by atoms with van der Waals surface area (Å²) in [5, 5.41) is 0. The Morgan fingerprint density at radius 1 is 1.29 bits per heavy atom. The summed E-state index contributed by atoms with van der Waals surface area (Å²) >= 11 is 3.06. The molecule has 0 N–H and O–H groups in total. The van der Waals surface area contributed by atoms with E-state index in [-0.39, 0.29) is 11.5 Å².